The first kappa shape index (κ1) is 16.7. The summed E-state index contributed by atoms with van der Waals surface area (Å²) >= 11 is 1.45. The molecule has 1 rings (SSSR count). The van der Waals surface area contributed by atoms with Crippen molar-refractivity contribution >= 4 is 28.2 Å². The van der Waals surface area contributed by atoms with E-state index in [1.165, 1.54) is 11.3 Å². The summed E-state index contributed by atoms with van der Waals surface area (Å²) in [5.74, 6) is -0.402. The van der Waals surface area contributed by atoms with Gasteiger partial charge in [-0.2, -0.15) is 0 Å². The highest BCUT2D eigenvalue weighted by Crippen LogP contribution is 2.29. The smallest absolute Gasteiger partial charge is 0.341 e. The van der Waals surface area contributed by atoms with E-state index < -0.39 is 0 Å². The third-order valence-corrected chi connectivity index (χ3v) is 4.08. The van der Waals surface area contributed by atoms with E-state index in [1.54, 1.807) is 6.92 Å². The molecule has 1 aromatic rings. The van der Waals surface area contributed by atoms with E-state index in [1.807, 2.05) is 13.0 Å². The van der Waals surface area contributed by atoms with E-state index in [9.17, 15) is 9.59 Å². The second kappa shape index (κ2) is 8.74. The molecule has 112 valence electrons. The van der Waals surface area contributed by atoms with Crippen molar-refractivity contribution in [3.8, 4) is 0 Å². The van der Waals surface area contributed by atoms with Crippen LogP contribution < -0.4 is 5.32 Å². The highest BCUT2D eigenvalue weighted by atomic mass is 32.1. The molecular weight excluding hydrogens is 274 g/mol. The van der Waals surface area contributed by atoms with Crippen molar-refractivity contribution in [2.75, 3.05) is 11.9 Å². The van der Waals surface area contributed by atoms with Crippen LogP contribution in [0.5, 0.6) is 0 Å². The molecule has 0 aliphatic rings. The summed E-state index contributed by atoms with van der Waals surface area (Å²) in [5.41, 5.74) is 0.470. The maximum Gasteiger partial charge on any atom is 0.341 e. The van der Waals surface area contributed by atoms with Gasteiger partial charge in [0, 0.05) is 11.3 Å². The summed E-state index contributed by atoms with van der Waals surface area (Å²) in [6, 6.07) is 1.81. The molecule has 0 fully saturated rings. The first-order chi connectivity index (χ1) is 9.62. The van der Waals surface area contributed by atoms with E-state index in [4.69, 9.17) is 4.74 Å². The van der Waals surface area contributed by atoms with Crippen molar-refractivity contribution in [2.45, 2.75) is 52.9 Å². The highest BCUT2D eigenvalue weighted by molar-refractivity contribution is 7.16. The van der Waals surface area contributed by atoms with Crippen LogP contribution in [-0.4, -0.2) is 18.5 Å². The monoisotopic (exact) mass is 297 g/mol. The lowest BCUT2D eigenvalue weighted by molar-refractivity contribution is -0.116. The molecule has 0 saturated heterocycles. The molecule has 1 heterocycles. The zero-order valence-corrected chi connectivity index (χ0v) is 13.3. The summed E-state index contributed by atoms with van der Waals surface area (Å²) < 4.78 is 5.02. The number of carbonyl (C=O) groups is 2. The van der Waals surface area contributed by atoms with Crippen LogP contribution >= 0.6 is 11.3 Å². The Bertz CT molecular complexity index is 454. The number of hydrogen-bond donors (Lipinski definition) is 1. The normalized spacial score (nSPS) is 10.3. The zero-order valence-electron chi connectivity index (χ0n) is 12.5. The molecule has 0 atom stereocenters. The Labute approximate surface area is 124 Å². The molecule has 0 spiro atoms. The number of carbonyl (C=O) groups excluding carboxylic acids is 2. The standard InChI is InChI=1S/C15H23NO3S/c1-4-7-8-9-13(17)16-14-12(15(18)19-6-3)10-11(5-2)20-14/h10H,4-9H2,1-3H3,(H,16,17). The lowest BCUT2D eigenvalue weighted by Gasteiger charge is -2.05. The number of hydrogen-bond acceptors (Lipinski definition) is 4. The van der Waals surface area contributed by atoms with Gasteiger partial charge in [-0.15, -0.1) is 11.3 Å². The van der Waals surface area contributed by atoms with Crippen LogP contribution in [0.2, 0.25) is 0 Å². The van der Waals surface area contributed by atoms with E-state index in [0.29, 0.717) is 23.6 Å². The van der Waals surface area contributed by atoms with Gasteiger partial charge in [0.2, 0.25) is 5.91 Å². The second-order valence-electron chi connectivity index (χ2n) is 4.53. The minimum absolute atomic E-state index is 0.0338. The number of rotatable bonds is 8. The van der Waals surface area contributed by atoms with Gasteiger partial charge in [-0.3, -0.25) is 4.79 Å². The van der Waals surface area contributed by atoms with Crippen molar-refractivity contribution in [1.29, 1.82) is 0 Å². The Balaban J connectivity index is 2.74. The van der Waals surface area contributed by atoms with E-state index in [2.05, 4.69) is 12.2 Å². The summed E-state index contributed by atoms with van der Waals surface area (Å²) in [6.45, 7) is 6.23. The van der Waals surface area contributed by atoms with E-state index >= 15 is 0 Å². The SMILES string of the molecule is CCCCCC(=O)Nc1sc(CC)cc1C(=O)OCC. The van der Waals surface area contributed by atoms with Crippen LogP contribution in [0.25, 0.3) is 0 Å². The van der Waals surface area contributed by atoms with Crippen molar-refractivity contribution in [2.24, 2.45) is 0 Å². The molecule has 0 saturated carbocycles. The molecule has 5 heteroatoms. The molecule has 0 radical (unpaired) electrons. The predicted molar refractivity (Wildman–Crippen MR) is 82.4 cm³/mol. The van der Waals surface area contributed by atoms with Crippen molar-refractivity contribution in [3.05, 3.63) is 16.5 Å². The van der Waals surface area contributed by atoms with Crippen molar-refractivity contribution < 1.29 is 14.3 Å². The molecule has 1 aromatic heterocycles. The van der Waals surface area contributed by atoms with Crippen molar-refractivity contribution in [1.82, 2.24) is 0 Å². The van der Waals surface area contributed by atoms with Gasteiger partial charge in [0.1, 0.15) is 5.00 Å². The van der Waals surface area contributed by atoms with Crippen molar-refractivity contribution in [3.63, 3.8) is 0 Å². The Kier molecular flexibility index (Phi) is 7.30. The lowest BCUT2D eigenvalue weighted by atomic mass is 10.2. The molecule has 0 bridgehead atoms. The van der Waals surface area contributed by atoms with Crippen LogP contribution in [0.3, 0.4) is 0 Å². The zero-order chi connectivity index (χ0) is 15.0. The van der Waals surface area contributed by atoms with E-state index in [0.717, 1.165) is 30.6 Å². The topological polar surface area (TPSA) is 55.4 Å². The summed E-state index contributed by atoms with van der Waals surface area (Å²) in [6.07, 6.45) is 4.34. The Morgan fingerprint density at radius 2 is 2.00 bits per heavy atom. The molecular formula is C15H23NO3S. The number of thiophene rings is 1. The molecule has 0 unspecified atom stereocenters. The van der Waals surface area contributed by atoms with Gasteiger partial charge in [0.05, 0.1) is 12.2 Å². The van der Waals surface area contributed by atoms with Gasteiger partial charge in [0.25, 0.3) is 0 Å². The Morgan fingerprint density at radius 3 is 2.60 bits per heavy atom. The van der Waals surface area contributed by atoms with Crippen LogP contribution in [0.4, 0.5) is 5.00 Å². The van der Waals surface area contributed by atoms with Crippen LogP contribution in [-0.2, 0) is 16.0 Å². The summed E-state index contributed by atoms with van der Waals surface area (Å²) in [7, 11) is 0. The molecule has 0 aromatic carbocycles. The molecule has 4 nitrogen and oxygen atoms in total. The number of ether oxygens (including phenoxy) is 1. The molecule has 0 aliphatic heterocycles. The quantitative estimate of drug-likeness (QED) is 0.582. The number of unbranched alkanes of at least 4 members (excludes halogenated alkanes) is 2. The predicted octanol–water partition coefficient (Wildman–Crippen LogP) is 4.01. The fourth-order valence-corrected chi connectivity index (χ4v) is 2.79. The third kappa shape index (κ3) is 4.96. The number of nitrogens with one attached hydrogen (secondary N) is 1. The number of amides is 1. The Morgan fingerprint density at radius 1 is 1.25 bits per heavy atom. The summed E-state index contributed by atoms with van der Waals surface area (Å²) in [4.78, 5) is 24.8. The second-order valence-corrected chi connectivity index (χ2v) is 5.67. The minimum Gasteiger partial charge on any atom is -0.462 e. The maximum absolute atomic E-state index is 11.9. The van der Waals surface area contributed by atoms with Crippen LogP contribution in [0.15, 0.2) is 6.07 Å². The molecule has 20 heavy (non-hydrogen) atoms. The first-order valence-corrected chi connectivity index (χ1v) is 8.03. The third-order valence-electron chi connectivity index (χ3n) is 2.89. The number of aryl methyl sites for hydroxylation is 1. The number of anilines is 1. The van der Waals surface area contributed by atoms with E-state index in [-0.39, 0.29) is 11.9 Å². The van der Waals surface area contributed by atoms with Gasteiger partial charge in [-0.1, -0.05) is 26.7 Å². The maximum atomic E-state index is 11.9. The largest absolute Gasteiger partial charge is 0.462 e. The molecule has 1 N–H and O–H groups in total. The fraction of sp³-hybridized carbons (Fsp3) is 0.600. The molecule has 0 aliphatic carbocycles. The van der Waals surface area contributed by atoms with Crippen LogP contribution in [0, 0.1) is 0 Å². The average Bonchev–Trinajstić information content (AvgIpc) is 2.82. The van der Waals surface area contributed by atoms with Gasteiger partial charge in [0.15, 0.2) is 0 Å². The molecule has 1 amide bonds. The highest BCUT2D eigenvalue weighted by Gasteiger charge is 2.18. The Hall–Kier alpha value is -1.36. The fourth-order valence-electron chi connectivity index (χ4n) is 1.79. The average molecular weight is 297 g/mol. The van der Waals surface area contributed by atoms with Gasteiger partial charge < -0.3 is 10.1 Å². The lowest BCUT2D eigenvalue weighted by Crippen LogP contribution is -2.13. The summed E-state index contributed by atoms with van der Waals surface area (Å²) in [5, 5.41) is 3.45. The van der Waals surface area contributed by atoms with Gasteiger partial charge in [-0.25, -0.2) is 4.79 Å². The van der Waals surface area contributed by atoms with Gasteiger partial charge >= 0.3 is 5.97 Å². The first-order valence-electron chi connectivity index (χ1n) is 7.22. The van der Waals surface area contributed by atoms with Crippen LogP contribution in [0.1, 0.15) is 61.7 Å². The van der Waals surface area contributed by atoms with Gasteiger partial charge in [-0.05, 0) is 25.8 Å². The number of esters is 1. The minimum atomic E-state index is -0.368.